The SMILES string of the molecule is OCC(O)COCc1ccc(N(c2ccccc2)c2ccc(-c3ccccc3)cc2)cc1. The lowest BCUT2D eigenvalue weighted by atomic mass is 10.0. The Morgan fingerprint density at radius 3 is 1.72 bits per heavy atom. The summed E-state index contributed by atoms with van der Waals surface area (Å²) in [6.07, 6.45) is -0.846. The highest BCUT2D eigenvalue weighted by atomic mass is 16.5. The summed E-state index contributed by atoms with van der Waals surface area (Å²) in [7, 11) is 0. The number of nitrogens with zero attached hydrogens (tertiary/aromatic N) is 1. The third-order valence-electron chi connectivity index (χ3n) is 5.23. The van der Waals surface area contributed by atoms with Crippen molar-refractivity contribution >= 4 is 17.1 Å². The summed E-state index contributed by atoms with van der Waals surface area (Å²) in [5.41, 5.74) is 6.58. The van der Waals surface area contributed by atoms with E-state index >= 15 is 0 Å². The summed E-state index contributed by atoms with van der Waals surface area (Å²) in [4.78, 5) is 2.22. The van der Waals surface area contributed by atoms with Crippen molar-refractivity contribution in [3.63, 3.8) is 0 Å². The molecular weight excluding hydrogens is 398 g/mol. The predicted molar refractivity (Wildman–Crippen MR) is 129 cm³/mol. The van der Waals surface area contributed by atoms with Gasteiger partial charge in [-0.1, -0.05) is 72.8 Å². The number of anilines is 3. The van der Waals surface area contributed by atoms with Gasteiger partial charge in [-0.15, -0.1) is 0 Å². The fourth-order valence-electron chi connectivity index (χ4n) is 3.56. The van der Waals surface area contributed by atoms with Crippen molar-refractivity contribution in [2.45, 2.75) is 12.7 Å². The third kappa shape index (κ3) is 5.42. The molecule has 4 nitrogen and oxygen atoms in total. The lowest BCUT2D eigenvalue weighted by molar-refractivity contribution is 0.0000273. The molecule has 4 aromatic carbocycles. The van der Waals surface area contributed by atoms with Gasteiger partial charge in [0.1, 0.15) is 6.10 Å². The maximum Gasteiger partial charge on any atom is 0.100 e. The first-order chi connectivity index (χ1) is 15.7. The fourth-order valence-corrected chi connectivity index (χ4v) is 3.56. The average Bonchev–Trinajstić information content (AvgIpc) is 2.87. The highest BCUT2D eigenvalue weighted by molar-refractivity contribution is 5.78. The van der Waals surface area contributed by atoms with Crippen molar-refractivity contribution in [3.8, 4) is 11.1 Å². The quantitative estimate of drug-likeness (QED) is 0.362. The number of aliphatic hydroxyl groups is 2. The van der Waals surface area contributed by atoms with E-state index in [9.17, 15) is 5.11 Å². The van der Waals surface area contributed by atoms with Gasteiger partial charge in [-0.05, 0) is 53.1 Å². The molecule has 0 aliphatic heterocycles. The summed E-state index contributed by atoms with van der Waals surface area (Å²) in [6.45, 7) is 0.199. The molecule has 0 aromatic heterocycles. The molecule has 0 amide bonds. The van der Waals surface area contributed by atoms with Gasteiger partial charge in [0.25, 0.3) is 0 Å². The van der Waals surface area contributed by atoms with Crippen LogP contribution in [0.2, 0.25) is 0 Å². The number of hydrogen-bond acceptors (Lipinski definition) is 4. The Morgan fingerprint density at radius 2 is 1.12 bits per heavy atom. The second-order valence-electron chi connectivity index (χ2n) is 7.60. The number of hydrogen-bond donors (Lipinski definition) is 2. The highest BCUT2D eigenvalue weighted by Crippen LogP contribution is 2.35. The minimum absolute atomic E-state index is 0.113. The van der Waals surface area contributed by atoms with Crippen molar-refractivity contribution in [2.24, 2.45) is 0 Å². The van der Waals surface area contributed by atoms with Crippen molar-refractivity contribution in [2.75, 3.05) is 18.1 Å². The maximum atomic E-state index is 9.42. The molecule has 4 heteroatoms. The number of ether oxygens (including phenoxy) is 1. The molecule has 0 aliphatic rings. The topological polar surface area (TPSA) is 52.9 Å². The molecule has 162 valence electrons. The molecular formula is C28H27NO3. The first-order valence-corrected chi connectivity index (χ1v) is 10.7. The number of para-hydroxylation sites is 1. The van der Waals surface area contributed by atoms with Crippen molar-refractivity contribution in [1.82, 2.24) is 0 Å². The van der Waals surface area contributed by atoms with Crippen LogP contribution in [0.5, 0.6) is 0 Å². The number of aliphatic hydroxyl groups excluding tert-OH is 2. The Balaban J connectivity index is 1.58. The largest absolute Gasteiger partial charge is 0.394 e. The molecule has 32 heavy (non-hydrogen) atoms. The summed E-state index contributed by atoms with van der Waals surface area (Å²) < 4.78 is 5.47. The minimum atomic E-state index is -0.846. The number of rotatable bonds is 9. The van der Waals surface area contributed by atoms with Crippen LogP contribution in [0.1, 0.15) is 5.56 Å². The molecule has 4 rings (SSSR count). The molecule has 1 atom stereocenters. The monoisotopic (exact) mass is 425 g/mol. The maximum absolute atomic E-state index is 9.42. The normalized spacial score (nSPS) is 11.8. The average molecular weight is 426 g/mol. The molecule has 0 fully saturated rings. The zero-order valence-corrected chi connectivity index (χ0v) is 17.8. The van der Waals surface area contributed by atoms with E-state index in [1.54, 1.807) is 0 Å². The van der Waals surface area contributed by atoms with Gasteiger partial charge in [-0.25, -0.2) is 0 Å². The second-order valence-corrected chi connectivity index (χ2v) is 7.60. The Bertz CT molecular complexity index is 1080. The standard InChI is InChI=1S/C28H27NO3/c30-19-28(31)21-32-20-22-11-15-26(16-12-22)29(25-9-5-2-6-10-25)27-17-13-24(14-18-27)23-7-3-1-4-8-23/h1-18,28,30-31H,19-21H2. The summed E-state index contributed by atoms with van der Waals surface area (Å²) >= 11 is 0. The van der Waals surface area contributed by atoms with E-state index in [0.717, 1.165) is 22.6 Å². The van der Waals surface area contributed by atoms with E-state index in [1.165, 1.54) is 11.1 Å². The smallest absolute Gasteiger partial charge is 0.100 e. The van der Waals surface area contributed by atoms with Gasteiger partial charge in [0.15, 0.2) is 0 Å². The van der Waals surface area contributed by atoms with Crippen molar-refractivity contribution < 1.29 is 14.9 Å². The first-order valence-electron chi connectivity index (χ1n) is 10.7. The molecule has 1 unspecified atom stereocenters. The van der Waals surface area contributed by atoms with Crippen LogP contribution < -0.4 is 4.90 Å². The Morgan fingerprint density at radius 1 is 0.625 bits per heavy atom. The van der Waals surface area contributed by atoms with E-state index in [0.29, 0.717) is 6.61 Å². The molecule has 0 bridgehead atoms. The van der Waals surface area contributed by atoms with Gasteiger partial charge >= 0.3 is 0 Å². The van der Waals surface area contributed by atoms with Crippen LogP contribution in [0.4, 0.5) is 17.1 Å². The molecule has 0 heterocycles. The van der Waals surface area contributed by atoms with Gasteiger partial charge in [0.2, 0.25) is 0 Å². The second kappa shape index (κ2) is 10.7. The van der Waals surface area contributed by atoms with Crippen LogP contribution in [0.3, 0.4) is 0 Å². The fraction of sp³-hybridized carbons (Fsp3) is 0.143. The van der Waals surface area contributed by atoms with Crippen molar-refractivity contribution in [3.05, 3.63) is 115 Å². The van der Waals surface area contributed by atoms with Gasteiger partial charge in [0.05, 0.1) is 19.8 Å². The highest BCUT2D eigenvalue weighted by Gasteiger charge is 2.12. The summed E-state index contributed by atoms with van der Waals surface area (Å²) in [5.74, 6) is 0. The van der Waals surface area contributed by atoms with E-state index < -0.39 is 6.10 Å². The lowest BCUT2D eigenvalue weighted by Crippen LogP contribution is -2.19. The Hall–Kier alpha value is -3.44. The molecule has 0 radical (unpaired) electrons. The minimum Gasteiger partial charge on any atom is -0.394 e. The summed E-state index contributed by atoms with van der Waals surface area (Å²) in [5, 5.41) is 18.3. The van der Waals surface area contributed by atoms with Gasteiger partial charge in [-0.3, -0.25) is 0 Å². The van der Waals surface area contributed by atoms with Crippen LogP contribution in [-0.2, 0) is 11.3 Å². The van der Waals surface area contributed by atoms with Crippen LogP contribution in [0.15, 0.2) is 109 Å². The van der Waals surface area contributed by atoms with Gasteiger partial charge < -0.3 is 19.8 Å². The predicted octanol–water partition coefficient (Wildman–Crippen LogP) is 5.69. The van der Waals surface area contributed by atoms with Crippen LogP contribution in [-0.4, -0.2) is 29.5 Å². The third-order valence-corrected chi connectivity index (χ3v) is 5.23. The molecule has 0 saturated heterocycles. The van der Waals surface area contributed by atoms with Gasteiger partial charge in [0, 0.05) is 17.1 Å². The zero-order valence-electron chi connectivity index (χ0n) is 17.8. The van der Waals surface area contributed by atoms with E-state index in [-0.39, 0.29) is 13.2 Å². The first kappa shape index (κ1) is 21.8. The molecule has 0 spiro atoms. The lowest BCUT2D eigenvalue weighted by Gasteiger charge is -2.26. The van der Waals surface area contributed by atoms with E-state index in [2.05, 4.69) is 77.7 Å². The van der Waals surface area contributed by atoms with Crippen LogP contribution in [0, 0.1) is 0 Å². The molecule has 2 N–H and O–H groups in total. The van der Waals surface area contributed by atoms with E-state index in [4.69, 9.17) is 9.84 Å². The van der Waals surface area contributed by atoms with Gasteiger partial charge in [-0.2, -0.15) is 0 Å². The van der Waals surface area contributed by atoms with Crippen LogP contribution >= 0.6 is 0 Å². The van der Waals surface area contributed by atoms with E-state index in [1.807, 2.05) is 36.4 Å². The molecule has 0 aliphatic carbocycles. The zero-order chi connectivity index (χ0) is 22.2. The Kier molecular flexibility index (Phi) is 7.31. The molecule has 4 aromatic rings. The summed E-state index contributed by atoms with van der Waals surface area (Å²) in [6, 6.07) is 37.4. The number of benzene rings is 4. The van der Waals surface area contributed by atoms with Crippen molar-refractivity contribution in [1.29, 1.82) is 0 Å². The Labute approximate surface area is 189 Å². The molecule has 0 saturated carbocycles. The van der Waals surface area contributed by atoms with Crippen LogP contribution in [0.25, 0.3) is 11.1 Å².